The summed E-state index contributed by atoms with van der Waals surface area (Å²) in [4.78, 5) is 20.3. The van der Waals surface area contributed by atoms with E-state index >= 15 is 4.39 Å². The van der Waals surface area contributed by atoms with E-state index < -0.39 is 21.5 Å². The van der Waals surface area contributed by atoms with Crippen LogP contribution in [0.2, 0.25) is 0 Å². The molecule has 38 heavy (non-hydrogen) atoms. The summed E-state index contributed by atoms with van der Waals surface area (Å²) >= 11 is 0. The van der Waals surface area contributed by atoms with Gasteiger partial charge in [-0.2, -0.15) is 5.10 Å². The summed E-state index contributed by atoms with van der Waals surface area (Å²) in [5, 5.41) is 7.10. The number of rotatable bonds is 6. The lowest BCUT2D eigenvalue weighted by atomic mass is 10.0. The van der Waals surface area contributed by atoms with Crippen LogP contribution in [0.4, 0.5) is 8.78 Å². The second-order valence-corrected chi connectivity index (χ2v) is 11.2. The fraction of sp³-hybridized carbons (Fsp3) is 0.115. The lowest BCUT2D eigenvalue weighted by molar-refractivity contribution is 0.600. The number of aromatic nitrogens is 7. The molecule has 6 rings (SSSR count). The summed E-state index contributed by atoms with van der Waals surface area (Å²) in [5.41, 5.74) is 3.81. The molecule has 9 nitrogen and oxygen atoms in total. The number of nitrogens with one attached hydrogen (secondary N) is 2. The molecule has 2 N–H and O–H groups in total. The van der Waals surface area contributed by atoms with Crippen molar-refractivity contribution in [2.45, 2.75) is 6.42 Å². The lowest BCUT2D eigenvalue weighted by Crippen LogP contribution is -2.06. The summed E-state index contributed by atoms with van der Waals surface area (Å²) in [7, 11) is -3.21. The van der Waals surface area contributed by atoms with Crippen LogP contribution in [0.5, 0.6) is 0 Å². The number of sulfone groups is 1. The predicted molar refractivity (Wildman–Crippen MR) is 139 cm³/mol. The number of imidazole rings is 1. The van der Waals surface area contributed by atoms with Crippen molar-refractivity contribution in [1.82, 2.24) is 35.1 Å². The van der Waals surface area contributed by atoms with E-state index in [0.29, 0.717) is 33.4 Å². The molecule has 0 bridgehead atoms. The highest BCUT2D eigenvalue weighted by Gasteiger charge is 2.21. The molecule has 5 aromatic heterocycles. The van der Waals surface area contributed by atoms with E-state index in [-0.39, 0.29) is 40.3 Å². The quantitative estimate of drug-likeness (QED) is 0.324. The van der Waals surface area contributed by atoms with Crippen LogP contribution in [-0.2, 0) is 16.3 Å². The number of hydrogen-bond acceptors (Lipinski definition) is 7. The Morgan fingerprint density at radius 2 is 1.82 bits per heavy atom. The van der Waals surface area contributed by atoms with Gasteiger partial charge in [-0.1, -0.05) is 12.1 Å². The summed E-state index contributed by atoms with van der Waals surface area (Å²) in [6, 6.07) is 9.55. The first-order chi connectivity index (χ1) is 18.3. The van der Waals surface area contributed by atoms with E-state index in [4.69, 9.17) is 0 Å². The number of benzene rings is 1. The van der Waals surface area contributed by atoms with Gasteiger partial charge in [0, 0.05) is 47.7 Å². The van der Waals surface area contributed by atoms with Crippen LogP contribution in [0.3, 0.4) is 0 Å². The standard InChI is InChI=1S/C26H19F2N7O2S/c1-38(36,37)8-5-14-9-16(11-17(27)10-14)18-4-7-30-25-22(18)32-26(33-25)23-20-21(28)19(13-31-24(20)35-34-23)15-3-2-6-29-12-15/h2-4,6-7,9-13H,5,8H2,1H3,(H,30,32,33)(H,31,34,35). The largest absolute Gasteiger partial charge is 0.335 e. The van der Waals surface area contributed by atoms with Crippen molar-refractivity contribution in [3.8, 4) is 33.8 Å². The maximum atomic E-state index is 15.7. The summed E-state index contributed by atoms with van der Waals surface area (Å²) in [5.74, 6) is -0.837. The van der Waals surface area contributed by atoms with Gasteiger partial charge in [-0.25, -0.2) is 32.2 Å². The molecule has 0 aliphatic carbocycles. The number of pyridine rings is 3. The molecule has 0 unspecified atom stereocenters. The van der Waals surface area contributed by atoms with Crippen LogP contribution in [-0.4, -0.2) is 55.5 Å². The minimum absolute atomic E-state index is 0.0939. The van der Waals surface area contributed by atoms with Gasteiger partial charge in [0.15, 0.2) is 17.1 Å². The molecule has 0 aliphatic rings. The highest BCUT2D eigenvalue weighted by Crippen LogP contribution is 2.34. The molecule has 0 fully saturated rings. The molecule has 6 aromatic rings. The zero-order valence-corrected chi connectivity index (χ0v) is 20.7. The van der Waals surface area contributed by atoms with Crippen molar-refractivity contribution in [3.05, 3.63) is 78.4 Å². The van der Waals surface area contributed by atoms with Crippen molar-refractivity contribution in [3.63, 3.8) is 0 Å². The Balaban J connectivity index is 1.46. The Kier molecular flexibility index (Phi) is 5.68. The van der Waals surface area contributed by atoms with Crippen molar-refractivity contribution in [2.75, 3.05) is 12.0 Å². The summed E-state index contributed by atoms with van der Waals surface area (Å²) in [6.07, 6.45) is 7.41. The third kappa shape index (κ3) is 4.39. The summed E-state index contributed by atoms with van der Waals surface area (Å²) in [6.45, 7) is 0. The van der Waals surface area contributed by atoms with Crippen LogP contribution in [0.1, 0.15) is 5.56 Å². The number of hydrogen-bond donors (Lipinski definition) is 2. The lowest BCUT2D eigenvalue weighted by Gasteiger charge is -2.07. The van der Waals surface area contributed by atoms with Gasteiger partial charge in [-0.05, 0) is 41.8 Å². The van der Waals surface area contributed by atoms with Gasteiger partial charge in [-0.3, -0.25) is 10.1 Å². The molecule has 0 amide bonds. The molecule has 0 saturated carbocycles. The normalized spacial score (nSPS) is 12.0. The topological polar surface area (TPSA) is 130 Å². The monoisotopic (exact) mass is 531 g/mol. The zero-order valence-electron chi connectivity index (χ0n) is 19.9. The molecule has 0 atom stereocenters. The Morgan fingerprint density at radius 1 is 0.947 bits per heavy atom. The number of nitrogens with zero attached hydrogens (tertiary/aromatic N) is 5. The molecule has 0 saturated heterocycles. The molecule has 0 radical (unpaired) electrons. The van der Waals surface area contributed by atoms with Gasteiger partial charge < -0.3 is 4.98 Å². The Morgan fingerprint density at radius 3 is 2.61 bits per heavy atom. The van der Waals surface area contributed by atoms with Gasteiger partial charge in [-0.15, -0.1) is 0 Å². The van der Waals surface area contributed by atoms with Gasteiger partial charge in [0.05, 0.1) is 16.7 Å². The number of halogens is 2. The molecule has 1 aromatic carbocycles. The maximum Gasteiger partial charge on any atom is 0.184 e. The van der Waals surface area contributed by atoms with Crippen LogP contribution in [0.15, 0.2) is 61.2 Å². The van der Waals surface area contributed by atoms with Crippen LogP contribution < -0.4 is 0 Å². The molecule has 0 aliphatic heterocycles. The van der Waals surface area contributed by atoms with E-state index in [1.807, 2.05) is 0 Å². The number of aromatic amines is 2. The molecule has 0 spiro atoms. The van der Waals surface area contributed by atoms with E-state index in [2.05, 4.69) is 35.1 Å². The molecular formula is C26H19F2N7O2S. The Labute approximate surface area is 215 Å². The highest BCUT2D eigenvalue weighted by atomic mass is 32.2. The fourth-order valence-corrected chi connectivity index (χ4v) is 4.98. The van der Waals surface area contributed by atoms with Gasteiger partial charge >= 0.3 is 0 Å². The number of aryl methyl sites for hydroxylation is 1. The van der Waals surface area contributed by atoms with Gasteiger partial charge in [0.25, 0.3) is 0 Å². The van der Waals surface area contributed by atoms with Crippen LogP contribution >= 0.6 is 0 Å². The Hall–Kier alpha value is -4.58. The predicted octanol–water partition coefficient (Wildman–Crippen LogP) is 4.49. The first-order valence-electron chi connectivity index (χ1n) is 11.5. The minimum Gasteiger partial charge on any atom is -0.335 e. The first kappa shape index (κ1) is 23.8. The first-order valence-corrected chi connectivity index (χ1v) is 13.6. The van der Waals surface area contributed by atoms with E-state index in [1.54, 1.807) is 36.7 Å². The summed E-state index contributed by atoms with van der Waals surface area (Å²) < 4.78 is 53.4. The number of fused-ring (bicyclic) bond motifs is 2. The SMILES string of the molecule is CS(=O)(=O)CCc1cc(F)cc(-c2ccnc3nc(-c4[nH]nc5ncc(-c6cccnc6)c(F)c45)[nH]c23)c1. The smallest absolute Gasteiger partial charge is 0.184 e. The number of H-pyrrole nitrogens is 2. The molecule has 12 heteroatoms. The van der Waals surface area contributed by atoms with Crippen molar-refractivity contribution < 1.29 is 17.2 Å². The molecular weight excluding hydrogens is 512 g/mol. The average Bonchev–Trinajstić information content (AvgIpc) is 3.52. The second kappa shape index (κ2) is 9.06. The van der Waals surface area contributed by atoms with Gasteiger partial charge in [0.1, 0.15) is 27.2 Å². The zero-order chi connectivity index (χ0) is 26.4. The third-order valence-electron chi connectivity index (χ3n) is 6.15. The van der Waals surface area contributed by atoms with Crippen molar-refractivity contribution >= 4 is 32.0 Å². The minimum atomic E-state index is -3.21. The van der Waals surface area contributed by atoms with Crippen molar-refractivity contribution in [1.29, 1.82) is 0 Å². The molecule has 5 heterocycles. The van der Waals surface area contributed by atoms with Crippen molar-refractivity contribution in [2.24, 2.45) is 0 Å². The van der Waals surface area contributed by atoms with Gasteiger partial charge in [0.2, 0.25) is 0 Å². The second-order valence-electron chi connectivity index (χ2n) is 8.90. The molecule has 190 valence electrons. The fourth-order valence-electron chi connectivity index (χ4n) is 4.37. The van der Waals surface area contributed by atoms with Crippen LogP contribution in [0.25, 0.3) is 56.0 Å². The highest BCUT2D eigenvalue weighted by molar-refractivity contribution is 7.90. The Bertz CT molecular complexity index is 1940. The van der Waals surface area contributed by atoms with E-state index in [1.165, 1.54) is 24.5 Å². The maximum absolute atomic E-state index is 15.7. The average molecular weight is 532 g/mol. The van der Waals surface area contributed by atoms with E-state index in [0.717, 1.165) is 6.26 Å². The van der Waals surface area contributed by atoms with E-state index in [9.17, 15) is 12.8 Å². The van der Waals surface area contributed by atoms with Crippen LogP contribution in [0, 0.1) is 11.6 Å². The third-order valence-corrected chi connectivity index (χ3v) is 7.10.